The minimum absolute atomic E-state index is 0.0379. The molecule has 0 aliphatic rings. The molecule has 0 aliphatic heterocycles. The number of fused-ring (bicyclic) bond motifs is 1. The SMILES string of the molecule is Cc1sc2nc(C)n(Cc3cccc(C#N)c3)c(=O)c2c1-c1ccc(C(C)(C)C)cc1. The molecule has 4 nitrogen and oxygen atoms in total. The van der Waals surface area contributed by atoms with Crippen LogP contribution in [0.5, 0.6) is 0 Å². The Kier molecular flexibility index (Phi) is 5.28. The normalized spacial score (nSPS) is 11.6. The number of aryl methyl sites for hydroxylation is 2. The van der Waals surface area contributed by atoms with E-state index in [1.165, 1.54) is 5.56 Å². The number of aromatic nitrogens is 2. The summed E-state index contributed by atoms with van der Waals surface area (Å²) in [5.41, 5.74) is 4.81. The van der Waals surface area contributed by atoms with Gasteiger partial charge < -0.3 is 0 Å². The lowest BCUT2D eigenvalue weighted by Gasteiger charge is -2.19. The van der Waals surface area contributed by atoms with Crippen molar-refractivity contribution in [3.05, 3.63) is 86.3 Å². The van der Waals surface area contributed by atoms with Crippen molar-refractivity contribution in [2.45, 2.75) is 46.6 Å². The maximum absolute atomic E-state index is 13.6. The van der Waals surface area contributed by atoms with Crippen LogP contribution in [0.25, 0.3) is 21.3 Å². The molecular weight excluding hydrogens is 402 g/mol. The molecule has 4 rings (SSSR count). The molecule has 2 aromatic carbocycles. The van der Waals surface area contributed by atoms with Crippen LogP contribution in [0.1, 0.15) is 48.2 Å². The Morgan fingerprint density at radius 1 is 1.10 bits per heavy atom. The van der Waals surface area contributed by atoms with Crippen molar-refractivity contribution in [3.8, 4) is 17.2 Å². The lowest BCUT2D eigenvalue weighted by atomic mass is 9.86. The lowest BCUT2D eigenvalue weighted by Crippen LogP contribution is -2.24. The maximum Gasteiger partial charge on any atom is 0.263 e. The summed E-state index contributed by atoms with van der Waals surface area (Å²) in [6.07, 6.45) is 0. The minimum atomic E-state index is -0.0379. The first-order chi connectivity index (χ1) is 14.7. The fourth-order valence-corrected chi connectivity index (χ4v) is 4.97. The third kappa shape index (κ3) is 3.92. The summed E-state index contributed by atoms with van der Waals surface area (Å²) in [6.45, 7) is 10.9. The van der Waals surface area contributed by atoms with Crippen LogP contribution in [0.4, 0.5) is 0 Å². The van der Waals surface area contributed by atoms with Crippen LogP contribution in [0.2, 0.25) is 0 Å². The number of hydrogen-bond donors (Lipinski definition) is 0. The molecule has 2 aromatic heterocycles. The molecule has 0 saturated carbocycles. The highest BCUT2D eigenvalue weighted by Gasteiger charge is 2.20. The van der Waals surface area contributed by atoms with E-state index in [4.69, 9.17) is 4.98 Å². The number of nitrogens with zero attached hydrogens (tertiary/aromatic N) is 3. The molecule has 0 radical (unpaired) electrons. The molecule has 4 aromatic rings. The topological polar surface area (TPSA) is 58.7 Å². The van der Waals surface area contributed by atoms with Crippen molar-refractivity contribution in [3.63, 3.8) is 0 Å². The Morgan fingerprint density at radius 2 is 1.81 bits per heavy atom. The third-order valence-corrected chi connectivity index (χ3v) is 6.61. The predicted octanol–water partition coefficient (Wildman–Crippen LogP) is 5.96. The summed E-state index contributed by atoms with van der Waals surface area (Å²) < 4.78 is 1.71. The number of benzene rings is 2. The number of nitriles is 1. The van der Waals surface area contributed by atoms with Gasteiger partial charge in [0.15, 0.2) is 0 Å². The highest BCUT2D eigenvalue weighted by molar-refractivity contribution is 7.19. The zero-order chi connectivity index (χ0) is 22.3. The van der Waals surface area contributed by atoms with Gasteiger partial charge in [-0.25, -0.2) is 4.98 Å². The molecule has 0 N–H and O–H groups in total. The first-order valence-electron chi connectivity index (χ1n) is 10.3. The van der Waals surface area contributed by atoms with Gasteiger partial charge in [0.1, 0.15) is 10.7 Å². The second kappa shape index (κ2) is 7.79. The predicted molar refractivity (Wildman–Crippen MR) is 128 cm³/mol. The van der Waals surface area contributed by atoms with Crippen molar-refractivity contribution < 1.29 is 0 Å². The van der Waals surface area contributed by atoms with Crippen LogP contribution in [0.3, 0.4) is 0 Å². The maximum atomic E-state index is 13.6. The smallest absolute Gasteiger partial charge is 0.263 e. The fourth-order valence-electron chi connectivity index (χ4n) is 3.89. The van der Waals surface area contributed by atoms with Crippen molar-refractivity contribution >= 4 is 21.6 Å². The Labute approximate surface area is 186 Å². The summed E-state index contributed by atoms with van der Waals surface area (Å²) >= 11 is 1.57. The molecule has 156 valence electrons. The highest BCUT2D eigenvalue weighted by atomic mass is 32.1. The number of thiophene rings is 1. The average molecular weight is 428 g/mol. The van der Waals surface area contributed by atoms with Gasteiger partial charge in [0.05, 0.1) is 23.6 Å². The lowest BCUT2D eigenvalue weighted by molar-refractivity contribution is 0.590. The van der Waals surface area contributed by atoms with Gasteiger partial charge in [-0.3, -0.25) is 9.36 Å². The van der Waals surface area contributed by atoms with E-state index in [1.807, 2.05) is 25.1 Å². The van der Waals surface area contributed by atoms with Gasteiger partial charge >= 0.3 is 0 Å². The monoisotopic (exact) mass is 427 g/mol. The van der Waals surface area contributed by atoms with Gasteiger partial charge in [0.25, 0.3) is 5.56 Å². The van der Waals surface area contributed by atoms with Gasteiger partial charge in [-0.1, -0.05) is 57.2 Å². The van der Waals surface area contributed by atoms with Crippen molar-refractivity contribution in [2.24, 2.45) is 0 Å². The van der Waals surface area contributed by atoms with E-state index in [0.717, 1.165) is 26.4 Å². The number of rotatable bonds is 3. The third-order valence-electron chi connectivity index (χ3n) is 5.62. The zero-order valence-electron chi connectivity index (χ0n) is 18.5. The van der Waals surface area contributed by atoms with Crippen LogP contribution in [0.15, 0.2) is 53.3 Å². The highest BCUT2D eigenvalue weighted by Crippen LogP contribution is 2.36. The molecule has 31 heavy (non-hydrogen) atoms. The van der Waals surface area contributed by atoms with Gasteiger partial charge in [-0.15, -0.1) is 11.3 Å². The van der Waals surface area contributed by atoms with Gasteiger partial charge in [-0.05, 0) is 48.1 Å². The van der Waals surface area contributed by atoms with E-state index in [0.29, 0.717) is 23.3 Å². The largest absolute Gasteiger partial charge is 0.292 e. The molecule has 5 heteroatoms. The molecular formula is C26H25N3OS. The Morgan fingerprint density at radius 3 is 2.45 bits per heavy atom. The van der Waals surface area contributed by atoms with Crippen molar-refractivity contribution in [1.29, 1.82) is 5.26 Å². The first kappa shape index (κ1) is 21.0. The van der Waals surface area contributed by atoms with E-state index in [2.05, 4.69) is 58.0 Å². The van der Waals surface area contributed by atoms with E-state index >= 15 is 0 Å². The second-order valence-corrected chi connectivity index (χ2v) is 10.1. The van der Waals surface area contributed by atoms with Gasteiger partial charge in [0, 0.05) is 10.4 Å². The van der Waals surface area contributed by atoms with Crippen LogP contribution < -0.4 is 5.56 Å². The molecule has 0 aliphatic carbocycles. The second-order valence-electron chi connectivity index (χ2n) is 8.90. The molecule has 0 spiro atoms. The summed E-state index contributed by atoms with van der Waals surface area (Å²) in [4.78, 5) is 20.2. The quantitative estimate of drug-likeness (QED) is 0.405. The standard InChI is InChI=1S/C26H25N3OS/c1-16-22(20-9-11-21(12-10-20)26(3,4)5)23-24(31-16)28-17(2)29(25(23)30)15-19-8-6-7-18(13-19)14-27/h6-13H,15H2,1-5H3. The average Bonchev–Trinajstić information content (AvgIpc) is 3.06. The van der Waals surface area contributed by atoms with Crippen LogP contribution >= 0.6 is 11.3 Å². The van der Waals surface area contributed by atoms with Crippen molar-refractivity contribution in [1.82, 2.24) is 9.55 Å². The molecule has 0 fully saturated rings. The van der Waals surface area contributed by atoms with Gasteiger partial charge in [0.2, 0.25) is 0 Å². The molecule has 0 bridgehead atoms. The summed E-state index contributed by atoms with van der Waals surface area (Å²) in [5.74, 6) is 0.677. The summed E-state index contributed by atoms with van der Waals surface area (Å²) in [6, 6.07) is 18.0. The van der Waals surface area contributed by atoms with Crippen LogP contribution in [0, 0.1) is 25.2 Å². The first-order valence-corrected chi connectivity index (χ1v) is 11.1. The van der Waals surface area contributed by atoms with E-state index < -0.39 is 0 Å². The fraction of sp³-hybridized carbons (Fsp3) is 0.269. The summed E-state index contributed by atoms with van der Waals surface area (Å²) in [5, 5.41) is 9.86. The van der Waals surface area contributed by atoms with E-state index in [1.54, 1.807) is 22.0 Å². The van der Waals surface area contributed by atoms with Crippen LogP contribution in [-0.2, 0) is 12.0 Å². The Hall–Kier alpha value is -3.23. The minimum Gasteiger partial charge on any atom is -0.292 e. The van der Waals surface area contributed by atoms with E-state index in [9.17, 15) is 10.1 Å². The number of hydrogen-bond acceptors (Lipinski definition) is 4. The van der Waals surface area contributed by atoms with E-state index in [-0.39, 0.29) is 11.0 Å². The Bertz CT molecular complexity index is 1380. The molecule has 0 amide bonds. The van der Waals surface area contributed by atoms with Crippen LogP contribution in [-0.4, -0.2) is 9.55 Å². The van der Waals surface area contributed by atoms with Gasteiger partial charge in [-0.2, -0.15) is 5.26 Å². The molecule has 0 unspecified atom stereocenters. The Balaban J connectivity index is 1.87. The molecule has 0 atom stereocenters. The zero-order valence-corrected chi connectivity index (χ0v) is 19.3. The summed E-state index contributed by atoms with van der Waals surface area (Å²) in [7, 11) is 0. The molecule has 2 heterocycles. The molecule has 0 saturated heterocycles. The van der Waals surface area contributed by atoms with Crippen molar-refractivity contribution in [2.75, 3.05) is 0 Å².